The normalized spacial score (nSPS) is 18.2. The van der Waals surface area contributed by atoms with Gasteiger partial charge in [-0.1, -0.05) is 12.1 Å². The number of para-hydroxylation sites is 1. The van der Waals surface area contributed by atoms with Crippen LogP contribution in [0, 0.1) is 10.1 Å². The minimum atomic E-state index is -0.451. The number of likely N-dealkylation sites (tertiary alicyclic amines) is 1. The van der Waals surface area contributed by atoms with Crippen molar-refractivity contribution in [2.45, 2.75) is 12.5 Å². The van der Waals surface area contributed by atoms with Crippen LogP contribution in [-0.4, -0.2) is 40.3 Å². The van der Waals surface area contributed by atoms with Gasteiger partial charge in [-0.2, -0.15) is 0 Å². The Morgan fingerprint density at radius 3 is 2.90 bits per heavy atom. The molecule has 1 aromatic heterocycles. The van der Waals surface area contributed by atoms with E-state index in [1.807, 2.05) is 0 Å². The number of anilines is 1. The number of carbonyl (C=O) groups is 1. The molecule has 0 aliphatic carbocycles. The molecule has 1 N–H and O–H groups in total. The average Bonchev–Trinajstić information content (AvgIpc) is 2.79. The van der Waals surface area contributed by atoms with Crippen molar-refractivity contribution in [3.05, 3.63) is 40.6 Å². The molecule has 1 amide bonds. The van der Waals surface area contributed by atoms with Gasteiger partial charge in [0.25, 0.3) is 5.69 Å². The van der Waals surface area contributed by atoms with Crippen molar-refractivity contribution < 1.29 is 9.72 Å². The smallest absolute Gasteiger partial charge is 0.295 e. The second-order valence-corrected chi connectivity index (χ2v) is 5.03. The number of nitrogens with zero attached hydrogens (tertiary/aromatic N) is 3. The van der Waals surface area contributed by atoms with Gasteiger partial charge in [0.1, 0.15) is 11.6 Å². The minimum Gasteiger partial charge on any atom is -0.373 e. The monoisotopic (exact) mass is 286 g/mol. The van der Waals surface area contributed by atoms with Crippen molar-refractivity contribution in [1.82, 2.24) is 9.88 Å². The van der Waals surface area contributed by atoms with Gasteiger partial charge in [-0.3, -0.25) is 14.9 Å². The highest BCUT2D eigenvalue weighted by molar-refractivity contribution is 5.98. The van der Waals surface area contributed by atoms with E-state index < -0.39 is 4.92 Å². The lowest BCUT2D eigenvalue weighted by atomic mass is 10.1. The molecule has 0 spiro atoms. The Labute approximate surface area is 120 Å². The van der Waals surface area contributed by atoms with Crippen molar-refractivity contribution in [2.24, 2.45) is 0 Å². The Morgan fingerprint density at radius 2 is 2.24 bits per heavy atom. The molecule has 1 aliphatic rings. The van der Waals surface area contributed by atoms with E-state index in [2.05, 4.69) is 10.3 Å². The first kappa shape index (κ1) is 13.3. The molecule has 1 atom stereocenters. The summed E-state index contributed by atoms with van der Waals surface area (Å²) < 4.78 is 0. The van der Waals surface area contributed by atoms with Crippen molar-refractivity contribution in [1.29, 1.82) is 0 Å². The number of rotatable bonds is 3. The zero-order valence-electron chi connectivity index (χ0n) is 11.4. The number of hydrogen-bond acceptors (Lipinski definition) is 5. The zero-order chi connectivity index (χ0) is 15.0. The summed E-state index contributed by atoms with van der Waals surface area (Å²) in [5, 5.41) is 14.9. The molecule has 0 saturated carbocycles. The Kier molecular flexibility index (Phi) is 3.17. The van der Waals surface area contributed by atoms with Crippen LogP contribution in [0.4, 0.5) is 11.4 Å². The highest BCUT2D eigenvalue weighted by atomic mass is 16.6. The van der Waals surface area contributed by atoms with Crippen LogP contribution in [0.1, 0.15) is 6.42 Å². The van der Waals surface area contributed by atoms with Gasteiger partial charge in [0.2, 0.25) is 5.91 Å². The number of pyridine rings is 1. The highest BCUT2D eigenvalue weighted by Gasteiger charge is 2.29. The van der Waals surface area contributed by atoms with Gasteiger partial charge >= 0.3 is 0 Å². The molecule has 1 aliphatic heterocycles. The fourth-order valence-electron chi connectivity index (χ4n) is 2.58. The van der Waals surface area contributed by atoms with E-state index >= 15 is 0 Å². The molecule has 1 unspecified atom stereocenters. The van der Waals surface area contributed by atoms with Gasteiger partial charge in [0, 0.05) is 36.9 Å². The van der Waals surface area contributed by atoms with E-state index in [4.69, 9.17) is 0 Å². The third-order valence-corrected chi connectivity index (χ3v) is 3.70. The Hall–Kier alpha value is -2.70. The molecule has 1 saturated heterocycles. The summed E-state index contributed by atoms with van der Waals surface area (Å²) in [5.74, 6) is 0.0328. The van der Waals surface area contributed by atoms with Crippen LogP contribution in [-0.2, 0) is 4.79 Å². The third-order valence-electron chi connectivity index (χ3n) is 3.70. The molecule has 2 aromatic rings. The molecule has 21 heavy (non-hydrogen) atoms. The SMILES string of the molecule is CN1CCC(Nc2ccnc3c([N+](=O)[O-])cccc23)C1=O. The summed E-state index contributed by atoms with van der Waals surface area (Å²) in [6.07, 6.45) is 2.23. The lowest BCUT2D eigenvalue weighted by Gasteiger charge is -2.15. The number of benzene rings is 1. The quantitative estimate of drug-likeness (QED) is 0.686. The Bertz CT molecular complexity index is 731. The molecule has 7 nitrogen and oxygen atoms in total. The van der Waals surface area contributed by atoms with Gasteiger partial charge in [-0.25, -0.2) is 4.98 Å². The first-order chi connectivity index (χ1) is 10.1. The number of nitrogens with one attached hydrogen (secondary N) is 1. The predicted octanol–water partition coefficient (Wildman–Crippen LogP) is 1.79. The van der Waals surface area contributed by atoms with E-state index in [9.17, 15) is 14.9 Å². The van der Waals surface area contributed by atoms with Crippen molar-refractivity contribution in [2.75, 3.05) is 18.9 Å². The number of fused-ring (bicyclic) bond motifs is 1. The van der Waals surface area contributed by atoms with Gasteiger partial charge in [-0.05, 0) is 12.5 Å². The molecule has 1 fully saturated rings. The number of amides is 1. The van der Waals surface area contributed by atoms with E-state index in [1.54, 1.807) is 30.1 Å². The van der Waals surface area contributed by atoms with E-state index in [0.29, 0.717) is 29.6 Å². The van der Waals surface area contributed by atoms with Crippen LogP contribution in [0.15, 0.2) is 30.5 Å². The van der Waals surface area contributed by atoms with Crippen LogP contribution < -0.4 is 5.32 Å². The van der Waals surface area contributed by atoms with Crippen molar-refractivity contribution >= 4 is 28.2 Å². The number of nitro groups is 1. The third kappa shape index (κ3) is 2.26. The molecule has 7 heteroatoms. The molecule has 3 rings (SSSR count). The fourth-order valence-corrected chi connectivity index (χ4v) is 2.58. The number of carbonyl (C=O) groups excluding carboxylic acids is 1. The van der Waals surface area contributed by atoms with Crippen molar-refractivity contribution in [3.63, 3.8) is 0 Å². The predicted molar refractivity (Wildman–Crippen MR) is 78.1 cm³/mol. The Balaban J connectivity index is 2.02. The largest absolute Gasteiger partial charge is 0.373 e. The van der Waals surface area contributed by atoms with E-state index in [-0.39, 0.29) is 17.6 Å². The topological polar surface area (TPSA) is 88.4 Å². The first-order valence-corrected chi connectivity index (χ1v) is 6.61. The second-order valence-electron chi connectivity index (χ2n) is 5.03. The molecule has 0 bridgehead atoms. The zero-order valence-corrected chi connectivity index (χ0v) is 11.4. The number of aromatic nitrogens is 1. The minimum absolute atomic E-state index is 0.0328. The molecule has 108 valence electrons. The van der Waals surface area contributed by atoms with Gasteiger partial charge in [0.05, 0.1) is 4.92 Å². The van der Waals surface area contributed by atoms with Gasteiger partial charge in [0.15, 0.2) is 0 Å². The lowest BCUT2D eigenvalue weighted by molar-refractivity contribution is -0.383. The number of non-ortho nitro benzene ring substituents is 1. The van der Waals surface area contributed by atoms with Crippen LogP contribution in [0.2, 0.25) is 0 Å². The lowest BCUT2D eigenvalue weighted by Crippen LogP contribution is -2.31. The Morgan fingerprint density at radius 1 is 1.43 bits per heavy atom. The fraction of sp³-hybridized carbons (Fsp3) is 0.286. The molecular weight excluding hydrogens is 272 g/mol. The molecular formula is C14H14N4O3. The summed E-state index contributed by atoms with van der Waals surface area (Å²) in [5.41, 5.74) is 0.981. The number of hydrogen-bond donors (Lipinski definition) is 1. The maximum Gasteiger partial charge on any atom is 0.295 e. The summed E-state index contributed by atoms with van der Waals surface area (Å²) in [4.78, 5) is 28.3. The summed E-state index contributed by atoms with van der Waals surface area (Å²) in [6.45, 7) is 0.708. The molecule has 2 heterocycles. The highest BCUT2D eigenvalue weighted by Crippen LogP contribution is 2.29. The van der Waals surface area contributed by atoms with E-state index in [1.165, 1.54) is 12.3 Å². The number of nitro benzene ring substituents is 1. The maximum atomic E-state index is 12.0. The van der Waals surface area contributed by atoms with Crippen LogP contribution in [0.25, 0.3) is 10.9 Å². The molecule has 1 aromatic carbocycles. The van der Waals surface area contributed by atoms with Gasteiger partial charge in [-0.15, -0.1) is 0 Å². The summed E-state index contributed by atoms with van der Waals surface area (Å²) >= 11 is 0. The van der Waals surface area contributed by atoms with Gasteiger partial charge < -0.3 is 10.2 Å². The van der Waals surface area contributed by atoms with Crippen LogP contribution in [0.3, 0.4) is 0 Å². The first-order valence-electron chi connectivity index (χ1n) is 6.61. The summed E-state index contributed by atoms with van der Waals surface area (Å²) in [7, 11) is 1.76. The summed E-state index contributed by atoms with van der Waals surface area (Å²) in [6, 6.07) is 6.25. The average molecular weight is 286 g/mol. The maximum absolute atomic E-state index is 12.0. The van der Waals surface area contributed by atoms with Crippen LogP contribution >= 0.6 is 0 Å². The number of likely N-dealkylation sites (N-methyl/N-ethyl adjacent to an activating group) is 1. The van der Waals surface area contributed by atoms with E-state index in [0.717, 1.165) is 0 Å². The van der Waals surface area contributed by atoms with Crippen LogP contribution in [0.5, 0.6) is 0 Å². The standard InChI is InChI=1S/C14H14N4O3/c1-17-8-6-11(14(17)19)16-10-5-7-15-13-9(10)3-2-4-12(13)18(20)21/h2-5,7,11H,6,8H2,1H3,(H,15,16). The van der Waals surface area contributed by atoms with Crippen molar-refractivity contribution in [3.8, 4) is 0 Å². The second kappa shape index (κ2) is 5.01. The molecule has 0 radical (unpaired) electrons.